The molecule has 672 valence electrons. The van der Waals surface area contributed by atoms with Crippen molar-refractivity contribution in [3.63, 3.8) is 0 Å². The molecule has 0 radical (unpaired) electrons. The van der Waals surface area contributed by atoms with Gasteiger partial charge in [0, 0.05) is 172 Å². The second-order valence-electron chi connectivity index (χ2n) is 35.5. The lowest BCUT2D eigenvalue weighted by Crippen LogP contribution is -2.01. The first-order valence-corrected chi connectivity index (χ1v) is 47.4. The van der Waals surface area contributed by atoms with Gasteiger partial charge in [0.15, 0.2) is 58.0 Å². The summed E-state index contributed by atoms with van der Waals surface area (Å²) in [7, 11) is 0. The maximum atomic E-state index is 6.81. The molecular formula is C126H72N12O6. The number of pyridine rings is 3. The fourth-order valence-electron chi connectivity index (χ4n) is 20.1. The molecule has 144 heavy (non-hydrogen) atoms. The van der Waals surface area contributed by atoms with Crippen LogP contribution in [-0.2, 0) is 0 Å². The summed E-state index contributed by atoms with van der Waals surface area (Å²) in [4.78, 5) is 59.9. The SMILES string of the molecule is c1ccc(-c2nc(-c3ccccc3)nc(-c3ccc(-c4cccc5c4oc4ccccc45)c4oc5cc6ncccc6cc5c34)n2)cc1.c1ccc(-c2nc(-c3ccccc3)nc(-c3ccc(-c4cccc5c4oc4ccccc45)c4oc5nc6ccccc6cc5c34)n2)cc1.c1ccc(-c2nc(-c3ccccc3)nc(-c3cnc(-c4cccc5c4oc4ccccc45)c4oc5cc6ccccc6cc5c34)n2)cc1. The molecule has 18 nitrogen and oxygen atoms in total. The van der Waals surface area contributed by atoms with E-state index in [0.29, 0.717) is 75.0 Å². The fourth-order valence-corrected chi connectivity index (χ4v) is 20.1. The molecule has 0 saturated heterocycles. The Morgan fingerprint density at radius 1 is 0.160 bits per heavy atom. The molecule has 0 saturated carbocycles. The predicted molar refractivity (Wildman–Crippen MR) is 574 cm³/mol. The maximum Gasteiger partial charge on any atom is 0.227 e. The monoisotopic (exact) mass is 1850 g/mol. The number of benzene rings is 18. The lowest BCUT2D eigenvalue weighted by molar-refractivity contribution is 0.655. The molecule has 0 aliphatic heterocycles. The van der Waals surface area contributed by atoms with Gasteiger partial charge in [0.05, 0.1) is 11.0 Å². The first-order chi connectivity index (χ1) is 71.3. The molecule has 18 heteroatoms. The zero-order valence-corrected chi connectivity index (χ0v) is 76.4. The van der Waals surface area contributed by atoms with Crippen LogP contribution in [0, 0.1) is 0 Å². The molecule has 30 rings (SSSR count). The van der Waals surface area contributed by atoms with Gasteiger partial charge in [-0.15, -0.1) is 0 Å². The van der Waals surface area contributed by atoms with Crippen LogP contribution in [0.25, 0.3) is 300 Å². The predicted octanol–water partition coefficient (Wildman–Crippen LogP) is 32.7. The number of fused-ring (bicyclic) bond motifs is 21. The molecule has 30 aromatic rings. The van der Waals surface area contributed by atoms with Crippen molar-refractivity contribution in [1.29, 1.82) is 0 Å². The smallest absolute Gasteiger partial charge is 0.227 e. The highest BCUT2D eigenvalue weighted by Crippen LogP contribution is 2.51. The summed E-state index contributed by atoms with van der Waals surface area (Å²) in [5.41, 5.74) is 23.9. The maximum absolute atomic E-state index is 6.81. The minimum Gasteiger partial charge on any atom is -0.455 e. The molecule has 0 N–H and O–H groups in total. The van der Waals surface area contributed by atoms with Crippen molar-refractivity contribution >= 4 is 164 Å². The Bertz CT molecular complexity index is 9280. The van der Waals surface area contributed by atoms with Gasteiger partial charge in [-0.1, -0.05) is 334 Å². The molecule has 12 heterocycles. The van der Waals surface area contributed by atoms with Crippen molar-refractivity contribution < 1.29 is 26.5 Å². The molecule has 0 fully saturated rings. The zero-order chi connectivity index (χ0) is 94.8. The Hall–Kier alpha value is -20.0. The van der Waals surface area contributed by atoms with Crippen LogP contribution in [-0.4, -0.2) is 59.8 Å². The third-order valence-corrected chi connectivity index (χ3v) is 26.9. The Kier molecular flexibility index (Phi) is 19.4. The van der Waals surface area contributed by atoms with Gasteiger partial charge in [-0.25, -0.2) is 49.8 Å². The quantitative estimate of drug-likeness (QED) is 0.111. The minimum absolute atomic E-state index is 0.518. The average molecular weight is 1850 g/mol. The van der Waals surface area contributed by atoms with E-state index in [-0.39, 0.29) is 0 Å². The standard InChI is InChI=1S/3C42H24N4O2/c1-3-12-25(13-4-1)39-44-40(26-14-5-2-6-15-26)46-41(45-39)32-23-22-31(30-19-11-18-29-28-17-8-10-21-35(28)47-37(29)30)38-36(32)33-24-27-16-7-9-20-34(27)43-42(33)48-38;1-3-11-25(12-4-1)40-44-41(26-13-5-2-6-14-26)46-42(45-40)32-21-20-31(30-18-9-17-29-28-16-7-8-19-35(28)47-38(29)30)39-37(32)33-23-27-15-10-22-43-34(27)24-36(33)48-39;1-3-12-25(13-4-1)40-44-41(26-14-5-2-6-15-26)46-42(45-40)33-24-43-37(31-20-11-19-30-29-18-9-10-21-34(29)47-38(30)31)39-36(33)32-22-27-16-7-8-17-28(27)23-35(32)48-39/h3*1-24H. The van der Waals surface area contributed by atoms with Crippen molar-refractivity contribution in [2.45, 2.75) is 0 Å². The Labute approximate surface area is 818 Å². The van der Waals surface area contributed by atoms with Crippen molar-refractivity contribution in [1.82, 2.24) is 59.8 Å². The van der Waals surface area contributed by atoms with Gasteiger partial charge in [0.2, 0.25) is 5.71 Å². The molecule has 18 aromatic carbocycles. The molecule has 0 bridgehead atoms. The van der Waals surface area contributed by atoms with E-state index in [2.05, 4.69) is 145 Å². The van der Waals surface area contributed by atoms with E-state index in [0.717, 1.165) is 225 Å². The van der Waals surface area contributed by atoms with Crippen molar-refractivity contribution in [2.75, 3.05) is 0 Å². The third kappa shape index (κ3) is 14.2. The molecule has 12 aromatic heterocycles. The van der Waals surface area contributed by atoms with Gasteiger partial charge < -0.3 is 26.5 Å². The highest BCUT2D eigenvalue weighted by Gasteiger charge is 2.30. The Balaban J connectivity index is 0.000000105. The highest BCUT2D eigenvalue weighted by atomic mass is 16.4. The van der Waals surface area contributed by atoms with E-state index >= 15 is 0 Å². The van der Waals surface area contributed by atoms with E-state index in [1.165, 1.54) is 0 Å². The molecular weight excluding hydrogens is 1780 g/mol. The summed E-state index contributed by atoms with van der Waals surface area (Å²) >= 11 is 0. The largest absolute Gasteiger partial charge is 0.455 e. The van der Waals surface area contributed by atoms with Crippen molar-refractivity contribution in [3.05, 3.63) is 437 Å². The summed E-state index contributed by atoms with van der Waals surface area (Å²) < 4.78 is 39.7. The number of furan rings is 6. The number of rotatable bonds is 12. The third-order valence-electron chi connectivity index (χ3n) is 26.9. The number of para-hydroxylation sites is 7. The summed E-state index contributed by atoms with van der Waals surface area (Å²) in [5.74, 6) is 5.21. The molecule has 0 atom stereocenters. The molecule has 0 aliphatic carbocycles. The lowest BCUT2D eigenvalue weighted by Gasteiger charge is -2.11. The highest BCUT2D eigenvalue weighted by molar-refractivity contribution is 6.24. The van der Waals surface area contributed by atoms with Gasteiger partial charge in [0.1, 0.15) is 61.5 Å². The average Bonchev–Trinajstić information content (AvgIpc) is 1.57. The van der Waals surface area contributed by atoms with E-state index in [1.807, 2.05) is 291 Å². The van der Waals surface area contributed by atoms with E-state index < -0.39 is 0 Å². The van der Waals surface area contributed by atoms with Crippen LogP contribution in [0.4, 0.5) is 0 Å². The fraction of sp³-hybridized carbons (Fsp3) is 0. The molecule has 0 aliphatic rings. The number of hydrogen-bond donors (Lipinski definition) is 0. The summed E-state index contributed by atoms with van der Waals surface area (Å²) in [6.45, 7) is 0. The number of nitrogens with zero attached hydrogens (tertiary/aromatic N) is 12. The van der Waals surface area contributed by atoms with E-state index in [9.17, 15) is 0 Å². The summed E-state index contributed by atoms with van der Waals surface area (Å²) in [6.07, 6.45) is 3.67. The van der Waals surface area contributed by atoms with Crippen LogP contribution >= 0.6 is 0 Å². The van der Waals surface area contributed by atoms with Crippen LogP contribution in [0.5, 0.6) is 0 Å². The van der Waals surface area contributed by atoms with Crippen LogP contribution in [0.1, 0.15) is 0 Å². The van der Waals surface area contributed by atoms with Crippen LogP contribution in [0.15, 0.2) is 464 Å². The van der Waals surface area contributed by atoms with Gasteiger partial charge in [-0.2, -0.15) is 0 Å². The number of hydrogen-bond acceptors (Lipinski definition) is 18. The van der Waals surface area contributed by atoms with Gasteiger partial charge >= 0.3 is 0 Å². The Morgan fingerprint density at radius 3 is 0.944 bits per heavy atom. The van der Waals surface area contributed by atoms with Gasteiger partial charge in [0.25, 0.3) is 0 Å². The van der Waals surface area contributed by atoms with Crippen LogP contribution in [0.3, 0.4) is 0 Å². The molecule has 0 spiro atoms. The first kappa shape index (κ1) is 82.3. The molecule has 0 amide bonds. The van der Waals surface area contributed by atoms with Crippen molar-refractivity contribution in [2.24, 2.45) is 0 Å². The minimum atomic E-state index is 0.518. The Morgan fingerprint density at radius 2 is 0.472 bits per heavy atom. The van der Waals surface area contributed by atoms with Gasteiger partial charge in [-0.05, 0) is 95.7 Å². The summed E-state index contributed by atoms with van der Waals surface area (Å²) in [5, 5.41) is 16.1. The second kappa shape index (κ2) is 34.0. The topological polar surface area (TPSA) is 234 Å². The van der Waals surface area contributed by atoms with E-state index in [4.69, 9.17) is 81.3 Å². The number of aromatic nitrogens is 12. The van der Waals surface area contributed by atoms with Crippen LogP contribution < -0.4 is 0 Å². The second-order valence-corrected chi connectivity index (χ2v) is 35.5. The first-order valence-electron chi connectivity index (χ1n) is 47.4. The van der Waals surface area contributed by atoms with Gasteiger partial charge in [-0.3, -0.25) is 9.97 Å². The van der Waals surface area contributed by atoms with Crippen molar-refractivity contribution in [3.8, 4) is 136 Å². The zero-order valence-electron chi connectivity index (χ0n) is 76.4. The normalized spacial score (nSPS) is 11.8. The lowest BCUT2D eigenvalue weighted by atomic mass is 9.96. The molecule has 0 unspecified atom stereocenters. The van der Waals surface area contributed by atoms with Crippen LogP contribution in [0.2, 0.25) is 0 Å². The summed E-state index contributed by atoms with van der Waals surface area (Å²) in [6, 6.07) is 142. The van der Waals surface area contributed by atoms with E-state index in [1.54, 1.807) is 6.20 Å².